The SMILES string of the molecule is Fc1ccc2[nH]c3c(N4CCN(C(c5ccccc5)c5ccc(Cl)cc5)CC4)ncnc3c2c1. The molecule has 3 aromatic carbocycles. The summed E-state index contributed by atoms with van der Waals surface area (Å²) in [6, 6.07) is 23.6. The molecule has 0 aliphatic carbocycles. The smallest absolute Gasteiger partial charge is 0.156 e. The number of nitrogens with one attached hydrogen (secondary N) is 1. The monoisotopic (exact) mass is 471 g/mol. The minimum atomic E-state index is -0.267. The van der Waals surface area contributed by atoms with Crippen molar-refractivity contribution in [3.63, 3.8) is 0 Å². The van der Waals surface area contributed by atoms with Crippen molar-refractivity contribution in [2.45, 2.75) is 6.04 Å². The summed E-state index contributed by atoms with van der Waals surface area (Å²) in [6.07, 6.45) is 1.57. The predicted octanol–water partition coefficient (Wildman–Crippen LogP) is 5.82. The molecular weight excluding hydrogens is 449 g/mol. The third-order valence-corrected chi connectivity index (χ3v) is 6.86. The molecule has 3 heterocycles. The summed E-state index contributed by atoms with van der Waals surface area (Å²) in [7, 11) is 0. The van der Waals surface area contributed by atoms with Crippen LogP contribution in [0.5, 0.6) is 0 Å². The molecule has 1 unspecified atom stereocenters. The van der Waals surface area contributed by atoms with Gasteiger partial charge in [0.25, 0.3) is 0 Å². The number of aromatic amines is 1. The van der Waals surface area contributed by atoms with Crippen molar-refractivity contribution in [1.29, 1.82) is 0 Å². The first-order chi connectivity index (χ1) is 16.7. The van der Waals surface area contributed by atoms with Crippen LogP contribution in [0.4, 0.5) is 10.2 Å². The quantitative estimate of drug-likeness (QED) is 0.359. The van der Waals surface area contributed by atoms with Gasteiger partial charge in [-0.15, -0.1) is 0 Å². The van der Waals surface area contributed by atoms with Crippen LogP contribution < -0.4 is 4.90 Å². The lowest BCUT2D eigenvalue weighted by atomic mass is 9.96. The Kier molecular flexibility index (Phi) is 5.40. The number of fused-ring (bicyclic) bond motifs is 3. The van der Waals surface area contributed by atoms with Crippen molar-refractivity contribution in [2.75, 3.05) is 31.1 Å². The van der Waals surface area contributed by atoms with Gasteiger partial charge >= 0.3 is 0 Å². The summed E-state index contributed by atoms with van der Waals surface area (Å²) in [5, 5.41) is 1.52. The molecule has 0 radical (unpaired) electrons. The highest BCUT2D eigenvalue weighted by Crippen LogP contribution is 2.33. The van der Waals surface area contributed by atoms with E-state index in [4.69, 9.17) is 11.6 Å². The first-order valence-electron chi connectivity index (χ1n) is 11.4. The van der Waals surface area contributed by atoms with E-state index in [0.717, 1.165) is 59.0 Å². The van der Waals surface area contributed by atoms with E-state index in [1.807, 2.05) is 18.2 Å². The molecule has 1 saturated heterocycles. The van der Waals surface area contributed by atoms with Crippen molar-refractivity contribution in [3.8, 4) is 0 Å². The largest absolute Gasteiger partial charge is 0.352 e. The Morgan fingerprint density at radius 2 is 1.59 bits per heavy atom. The molecule has 6 rings (SSSR count). The molecule has 34 heavy (non-hydrogen) atoms. The highest BCUT2D eigenvalue weighted by Gasteiger charge is 2.28. The fourth-order valence-electron chi connectivity index (χ4n) is 4.98. The van der Waals surface area contributed by atoms with E-state index in [0.29, 0.717) is 0 Å². The molecular formula is C27H23ClFN5. The molecule has 170 valence electrons. The summed E-state index contributed by atoms with van der Waals surface area (Å²) in [5.74, 6) is 0.598. The van der Waals surface area contributed by atoms with E-state index >= 15 is 0 Å². The molecule has 1 N–H and O–H groups in total. The lowest BCUT2D eigenvalue weighted by Gasteiger charge is -2.40. The van der Waals surface area contributed by atoms with Crippen LogP contribution in [0, 0.1) is 5.82 Å². The van der Waals surface area contributed by atoms with Gasteiger partial charge in [0, 0.05) is 42.1 Å². The van der Waals surface area contributed by atoms with Gasteiger partial charge < -0.3 is 9.88 Å². The van der Waals surface area contributed by atoms with Crippen LogP contribution in [0.25, 0.3) is 21.9 Å². The van der Waals surface area contributed by atoms with E-state index in [9.17, 15) is 4.39 Å². The van der Waals surface area contributed by atoms with Crippen LogP contribution >= 0.6 is 11.6 Å². The van der Waals surface area contributed by atoms with E-state index in [-0.39, 0.29) is 11.9 Å². The summed E-state index contributed by atoms with van der Waals surface area (Å²) >= 11 is 6.16. The highest BCUT2D eigenvalue weighted by molar-refractivity contribution is 6.30. The number of anilines is 1. The van der Waals surface area contributed by atoms with E-state index in [1.54, 1.807) is 12.4 Å². The number of rotatable bonds is 4. The third-order valence-electron chi connectivity index (χ3n) is 6.60. The van der Waals surface area contributed by atoms with Gasteiger partial charge in [-0.05, 0) is 41.5 Å². The number of piperazine rings is 1. The van der Waals surface area contributed by atoms with E-state index in [1.165, 1.54) is 23.3 Å². The number of benzene rings is 3. The maximum absolute atomic E-state index is 13.8. The molecule has 0 amide bonds. The zero-order valence-electron chi connectivity index (χ0n) is 18.5. The fraction of sp³-hybridized carbons (Fsp3) is 0.185. The fourth-order valence-corrected chi connectivity index (χ4v) is 5.10. The minimum Gasteiger partial charge on any atom is -0.352 e. The molecule has 5 aromatic rings. The normalized spacial score (nSPS) is 15.8. The number of nitrogens with zero attached hydrogens (tertiary/aromatic N) is 4. The Bertz CT molecular complexity index is 1440. The molecule has 0 bridgehead atoms. The first-order valence-corrected chi connectivity index (χ1v) is 11.8. The van der Waals surface area contributed by atoms with Crippen molar-refractivity contribution in [2.24, 2.45) is 0 Å². The molecule has 1 aliphatic rings. The van der Waals surface area contributed by atoms with Gasteiger partial charge in [0.15, 0.2) is 5.82 Å². The molecule has 1 fully saturated rings. The molecule has 2 aromatic heterocycles. The second kappa shape index (κ2) is 8.70. The third kappa shape index (κ3) is 3.79. The first kappa shape index (κ1) is 21.1. The number of hydrogen-bond acceptors (Lipinski definition) is 4. The molecule has 5 nitrogen and oxygen atoms in total. The van der Waals surface area contributed by atoms with Gasteiger partial charge in [-0.2, -0.15) is 0 Å². The topological polar surface area (TPSA) is 48.1 Å². The molecule has 0 spiro atoms. The predicted molar refractivity (Wildman–Crippen MR) is 135 cm³/mol. The van der Waals surface area contributed by atoms with Gasteiger partial charge in [0.1, 0.15) is 23.2 Å². The number of H-pyrrole nitrogens is 1. The lowest BCUT2D eigenvalue weighted by Crippen LogP contribution is -2.48. The Morgan fingerprint density at radius 3 is 2.35 bits per heavy atom. The zero-order valence-corrected chi connectivity index (χ0v) is 19.2. The van der Waals surface area contributed by atoms with Crippen LogP contribution in [0.2, 0.25) is 5.02 Å². The summed E-state index contributed by atoms with van der Waals surface area (Å²) in [6.45, 7) is 3.41. The summed E-state index contributed by atoms with van der Waals surface area (Å²) < 4.78 is 13.8. The van der Waals surface area contributed by atoms with Gasteiger partial charge in [0.2, 0.25) is 0 Å². The van der Waals surface area contributed by atoms with E-state index in [2.05, 4.69) is 61.1 Å². The number of aromatic nitrogens is 3. The number of hydrogen-bond donors (Lipinski definition) is 1. The average Bonchev–Trinajstić information content (AvgIpc) is 3.24. The van der Waals surface area contributed by atoms with Crippen LogP contribution in [-0.2, 0) is 0 Å². The van der Waals surface area contributed by atoms with Gasteiger partial charge in [-0.25, -0.2) is 14.4 Å². The van der Waals surface area contributed by atoms with Crippen LogP contribution in [0.1, 0.15) is 17.2 Å². The van der Waals surface area contributed by atoms with Crippen LogP contribution in [0.15, 0.2) is 79.1 Å². The molecule has 1 aliphatic heterocycles. The zero-order chi connectivity index (χ0) is 23.1. The standard InChI is InChI=1S/C27H23ClFN5/c28-20-8-6-19(7-9-20)26(18-4-2-1-3-5-18)33-12-14-34(15-13-33)27-25-24(30-17-31-27)22-16-21(29)10-11-23(22)32-25/h1-11,16-17,26,32H,12-15H2. The Morgan fingerprint density at radius 1 is 0.853 bits per heavy atom. The lowest BCUT2D eigenvalue weighted by molar-refractivity contribution is 0.212. The van der Waals surface area contributed by atoms with Gasteiger partial charge in [-0.1, -0.05) is 54.1 Å². The van der Waals surface area contributed by atoms with Crippen molar-refractivity contribution >= 4 is 39.4 Å². The summed E-state index contributed by atoms with van der Waals surface area (Å²) in [4.78, 5) is 17.2. The average molecular weight is 472 g/mol. The second-order valence-corrected chi connectivity index (χ2v) is 9.06. The number of halogens is 2. The maximum atomic E-state index is 13.8. The Balaban J connectivity index is 1.30. The molecule has 1 atom stereocenters. The van der Waals surface area contributed by atoms with Crippen molar-refractivity contribution in [3.05, 3.63) is 101 Å². The molecule has 7 heteroatoms. The van der Waals surface area contributed by atoms with Crippen LogP contribution in [-0.4, -0.2) is 46.0 Å². The minimum absolute atomic E-state index is 0.155. The maximum Gasteiger partial charge on any atom is 0.156 e. The van der Waals surface area contributed by atoms with Gasteiger partial charge in [-0.3, -0.25) is 4.90 Å². The Labute approximate surface area is 201 Å². The van der Waals surface area contributed by atoms with E-state index < -0.39 is 0 Å². The van der Waals surface area contributed by atoms with Crippen molar-refractivity contribution < 1.29 is 4.39 Å². The summed E-state index contributed by atoms with van der Waals surface area (Å²) in [5.41, 5.74) is 4.97. The molecule has 0 saturated carbocycles. The van der Waals surface area contributed by atoms with Crippen LogP contribution in [0.3, 0.4) is 0 Å². The highest BCUT2D eigenvalue weighted by atomic mass is 35.5. The Hall–Kier alpha value is -3.48. The van der Waals surface area contributed by atoms with Gasteiger partial charge in [0.05, 0.1) is 6.04 Å². The van der Waals surface area contributed by atoms with Crippen molar-refractivity contribution in [1.82, 2.24) is 19.9 Å². The second-order valence-electron chi connectivity index (χ2n) is 8.62.